The van der Waals surface area contributed by atoms with Gasteiger partial charge in [0, 0.05) is 25.2 Å². The van der Waals surface area contributed by atoms with E-state index in [-0.39, 0.29) is 0 Å². The van der Waals surface area contributed by atoms with Crippen molar-refractivity contribution >= 4 is 0 Å². The van der Waals surface area contributed by atoms with Gasteiger partial charge in [0.1, 0.15) is 0 Å². The molecule has 0 amide bonds. The molecule has 1 unspecified atom stereocenters. The van der Waals surface area contributed by atoms with E-state index in [1.54, 1.807) is 0 Å². The molecule has 1 aromatic carbocycles. The Morgan fingerprint density at radius 1 is 1.40 bits per heavy atom. The summed E-state index contributed by atoms with van der Waals surface area (Å²) >= 11 is 0. The quantitative estimate of drug-likeness (QED) is 0.798. The Morgan fingerprint density at radius 3 is 2.80 bits per heavy atom. The van der Waals surface area contributed by atoms with Crippen LogP contribution in [0.15, 0.2) is 24.3 Å². The molecule has 0 saturated carbocycles. The molecule has 1 heterocycles. The van der Waals surface area contributed by atoms with E-state index >= 15 is 0 Å². The van der Waals surface area contributed by atoms with E-state index in [4.69, 9.17) is 5.73 Å². The van der Waals surface area contributed by atoms with Crippen LogP contribution in [0.25, 0.3) is 0 Å². The normalized spacial score (nSPS) is 21.7. The second kappa shape index (κ2) is 4.33. The van der Waals surface area contributed by atoms with Gasteiger partial charge >= 0.3 is 0 Å². The Labute approximate surface area is 92.1 Å². The Hall–Kier alpha value is -0.860. The summed E-state index contributed by atoms with van der Waals surface area (Å²) in [5.41, 5.74) is 8.81. The van der Waals surface area contributed by atoms with Crippen molar-refractivity contribution in [3.8, 4) is 0 Å². The minimum atomic E-state index is 0.412. The lowest BCUT2D eigenvalue weighted by Crippen LogP contribution is -2.43. The van der Waals surface area contributed by atoms with Gasteiger partial charge in [0.05, 0.1) is 0 Å². The molecule has 2 nitrogen and oxygen atoms in total. The van der Waals surface area contributed by atoms with Crippen molar-refractivity contribution in [2.75, 3.05) is 13.1 Å². The first kappa shape index (κ1) is 10.7. The number of benzene rings is 1. The van der Waals surface area contributed by atoms with Gasteiger partial charge in [-0.05, 0) is 31.4 Å². The summed E-state index contributed by atoms with van der Waals surface area (Å²) in [7, 11) is 0. The van der Waals surface area contributed by atoms with Crippen LogP contribution in [0.5, 0.6) is 0 Å². The van der Waals surface area contributed by atoms with E-state index in [0.29, 0.717) is 12.1 Å². The molecule has 0 aromatic heterocycles. The molecule has 0 radical (unpaired) electrons. The molecule has 0 bridgehead atoms. The highest BCUT2D eigenvalue weighted by atomic mass is 15.2. The molecular weight excluding hydrogens is 184 g/mol. The van der Waals surface area contributed by atoms with E-state index in [1.807, 2.05) is 0 Å². The van der Waals surface area contributed by atoms with Crippen LogP contribution < -0.4 is 5.73 Å². The predicted molar refractivity (Wildman–Crippen MR) is 63.8 cm³/mol. The van der Waals surface area contributed by atoms with Crippen LogP contribution in [0.2, 0.25) is 0 Å². The number of hydrogen-bond acceptors (Lipinski definition) is 2. The van der Waals surface area contributed by atoms with Crippen molar-refractivity contribution in [2.45, 2.75) is 32.4 Å². The van der Waals surface area contributed by atoms with Crippen LogP contribution in [0, 0.1) is 0 Å². The maximum atomic E-state index is 5.90. The van der Waals surface area contributed by atoms with Gasteiger partial charge in [0.15, 0.2) is 0 Å². The Morgan fingerprint density at radius 2 is 2.13 bits per heavy atom. The van der Waals surface area contributed by atoms with E-state index in [2.05, 4.69) is 43.0 Å². The van der Waals surface area contributed by atoms with Crippen LogP contribution in [0.1, 0.15) is 31.0 Å². The van der Waals surface area contributed by atoms with Crippen LogP contribution >= 0.6 is 0 Å². The molecule has 1 aliphatic rings. The fraction of sp³-hybridized carbons (Fsp3) is 0.538. The SMILES string of the molecule is CC(C)N1CCc2ccccc2C1CN. The molecule has 2 rings (SSSR count). The fourth-order valence-electron chi connectivity index (χ4n) is 2.55. The molecule has 1 aliphatic heterocycles. The number of nitrogens with two attached hydrogens (primary N) is 1. The fourth-order valence-corrected chi connectivity index (χ4v) is 2.55. The molecule has 1 atom stereocenters. The summed E-state index contributed by atoms with van der Waals surface area (Å²) in [5, 5.41) is 0. The van der Waals surface area contributed by atoms with Crippen molar-refractivity contribution in [3.63, 3.8) is 0 Å². The molecule has 1 aromatic rings. The zero-order valence-electron chi connectivity index (χ0n) is 9.61. The lowest BCUT2D eigenvalue weighted by molar-refractivity contribution is 0.147. The second-order valence-corrected chi connectivity index (χ2v) is 4.53. The minimum absolute atomic E-state index is 0.412. The molecule has 0 spiro atoms. The monoisotopic (exact) mass is 204 g/mol. The van der Waals surface area contributed by atoms with Gasteiger partial charge in [-0.1, -0.05) is 24.3 Å². The highest BCUT2D eigenvalue weighted by Gasteiger charge is 2.27. The third kappa shape index (κ3) is 1.92. The van der Waals surface area contributed by atoms with E-state index in [9.17, 15) is 0 Å². The summed E-state index contributed by atoms with van der Waals surface area (Å²) < 4.78 is 0. The Bertz CT molecular complexity index is 333. The molecule has 15 heavy (non-hydrogen) atoms. The van der Waals surface area contributed by atoms with Crippen molar-refractivity contribution in [2.24, 2.45) is 5.73 Å². The zero-order valence-corrected chi connectivity index (χ0v) is 9.61. The summed E-state index contributed by atoms with van der Waals surface area (Å²) in [4.78, 5) is 2.50. The van der Waals surface area contributed by atoms with Gasteiger partial charge in [-0.2, -0.15) is 0 Å². The first-order chi connectivity index (χ1) is 7.24. The molecule has 0 aliphatic carbocycles. The van der Waals surface area contributed by atoms with Gasteiger partial charge in [-0.15, -0.1) is 0 Å². The summed E-state index contributed by atoms with van der Waals surface area (Å²) in [6.07, 6.45) is 1.16. The number of fused-ring (bicyclic) bond motifs is 1. The van der Waals surface area contributed by atoms with E-state index in [0.717, 1.165) is 19.5 Å². The molecular formula is C13H20N2. The minimum Gasteiger partial charge on any atom is -0.329 e. The van der Waals surface area contributed by atoms with Gasteiger partial charge in [0.2, 0.25) is 0 Å². The summed E-state index contributed by atoms with van der Waals surface area (Å²) in [5.74, 6) is 0. The second-order valence-electron chi connectivity index (χ2n) is 4.53. The van der Waals surface area contributed by atoms with Gasteiger partial charge in [-0.25, -0.2) is 0 Å². The lowest BCUT2D eigenvalue weighted by Gasteiger charge is -2.39. The van der Waals surface area contributed by atoms with E-state index in [1.165, 1.54) is 11.1 Å². The van der Waals surface area contributed by atoms with Crippen LogP contribution in [0.3, 0.4) is 0 Å². The third-order valence-corrected chi connectivity index (χ3v) is 3.34. The Balaban J connectivity index is 2.34. The van der Waals surface area contributed by atoms with Crippen molar-refractivity contribution in [1.29, 1.82) is 0 Å². The first-order valence-electron chi connectivity index (χ1n) is 5.77. The topological polar surface area (TPSA) is 29.3 Å². The lowest BCUT2D eigenvalue weighted by atomic mass is 9.92. The molecule has 82 valence electrons. The van der Waals surface area contributed by atoms with Crippen molar-refractivity contribution in [1.82, 2.24) is 4.90 Å². The average molecular weight is 204 g/mol. The number of hydrogen-bond donors (Lipinski definition) is 1. The largest absolute Gasteiger partial charge is 0.329 e. The molecule has 0 saturated heterocycles. The zero-order chi connectivity index (χ0) is 10.8. The molecule has 2 N–H and O–H groups in total. The number of rotatable bonds is 2. The third-order valence-electron chi connectivity index (χ3n) is 3.34. The average Bonchev–Trinajstić information content (AvgIpc) is 2.27. The maximum absolute atomic E-state index is 5.90. The van der Waals surface area contributed by atoms with E-state index < -0.39 is 0 Å². The Kier molecular flexibility index (Phi) is 3.08. The predicted octanol–water partition coefficient (Wildman–Crippen LogP) is 1.95. The van der Waals surface area contributed by atoms with Gasteiger partial charge in [0.25, 0.3) is 0 Å². The molecule has 2 heteroatoms. The summed E-state index contributed by atoms with van der Waals surface area (Å²) in [6.45, 7) is 6.35. The standard InChI is InChI=1S/C13H20N2/c1-10(2)15-8-7-11-5-3-4-6-12(11)13(15)9-14/h3-6,10,13H,7-9,14H2,1-2H3. The smallest absolute Gasteiger partial charge is 0.0476 e. The van der Waals surface area contributed by atoms with Crippen LogP contribution in [-0.2, 0) is 6.42 Å². The highest BCUT2D eigenvalue weighted by Crippen LogP contribution is 2.29. The molecule has 0 fully saturated rings. The van der Waals surface area contributed by atoms with Gasteiger partial charge in [-0.3, -0.25) is 4.90 Å². The van der Waals surface area contributed by atoms with Crippen LogP contribution in [-0.4, -0.2) is 24.0 Å². The van der Waals surface area contributed by atoms with Crippen LogP contribution in [0.4, 0.5) is 0 Å². The van der Waals surface area contributed by atoms with Gasteiger partial charge < -0.3 is 5.73 Å². The highest BCUT2D eigenvalue weighted by molar-refractivity contribution is 5.32. The summed E-state index contributed by atoms with van der Waals surface area (Å²) in [6, 6.07) is 9.68. The maximum Gasteiger partial charge on any atom is 0.0476 e. The van der Waals surface area contributed by atoms with Crippen molar-refractivity contribution < 1.29 is 0 Å². The van der Waals surface area contributed by atoms with Crippen molar-refractivity contribution in [3.05, 3.63) is 35.4 Å². The first-order valence-corrected chi connectivity index (χ1v) is 5.77. The number of nitrogens with zero attached hydrogens (tertiary/aromatic N) is 1.